The fourth-order valence-electron chi connectivity index (χ4n) is 3.04. The number of fused-ring (bicyclic) bond motifs is 1. The Kier molecular flexibility index (Phi) is 5.64. The van der Waals surface area contributed by atoms with Crippen molar-refractivity contribution >= 4 is 46.0 Å². The fraction of sp³-hybridized carbons (Fsp3) is 0.158. The number of aliphatic carboxylic acids is 1. The molecule has 0 aliphatic rings. The molecule has 0 aliphatic carbocycles. The van der Waals surface area contributed by atoms with Gasteiger partial charge in [-0.2, -0.15) is 5.26 Å². The zero-order valence-electron chi connectivity index (χ0n) is 15.0. The first-order valence-electron chi connectivity index (χ1n) is 8.34. The lowest BCUT2D eigenvalue weighted by Crippen LogP contribution is -2.30. The normalized spacial score (nSPS) is 11.8. The zero-order chi connectivity index (χ0) is 21.3. The predicted octanol–water partition coefficient (Wildman–Crippen LogP) is 3.34. The lowest BCUT2D eigenvalue weighted by Gasteiger charge is -2.18. The molecule has 8 nitrogen and oxygen atoms in total. The van der Waals surface area contributed by atoms with Gasteiger partial charge in [0, 0.05) is 0 Å². The number of hydrogen-bond acceptors (Lipinski definition) is 5. The summed E-state index contributed by atoms with van der Waals surface area (Å²) < 4.78 is 1.55. The van der Waals surface area contributed by atoms with Gasteiger partial charge in [-0.25, -0.2) is 4.98 Å². The van der Waals surface area contributed by atoms with Crippen LogP contribution in [0.15, 0.2) is 30.3 Å². The maximum atomic E-state index is 12.3. The molecule has 0 aliphatic heterocycles. The van der Waals surface area contributed by atoms with Crippen molar-refractivity contribution in [1.82, 2.24) is 14.9 Å². The molecule has 1 aromatic carbocycles. The van der Waals surface area contributed by atoms with E-state index in [4.69, 9.17) is 28.3 Å². The standard InChI is InChI=1S/C19H14Cl2N4O4/c1-9(10-5-3-2-4-6-10)25-16-11(7-22)24-15(19(29)23-8-12(26)27)17(28)13(16)14(20)18(25)21/h2-6,9,28H,8H2,1H3,(H,23,29)(H,26,27)/t9-/m1/s1. The number of benzene rings is 1. The number of nitrogens with one attached hydrogen (secondary N) is 1. The lowest BCUT2D eigenvalue weighted by molar-refractivity contribution is -0.135. The van der Waals surface area contributed by atoms with E-state index in [0.717, 1.165) is 5.56 Å². The third kappa shape index (κ3) is 3.58. The third-order valence-electron chi connectivity index (χ3n) is 4.39. The largest absolute Gasteiger partial charge is 0.505 e. The molecular weight excluding hydrogens is 419 g/mol. The molecule has 2 aromatic heterocycles. The maximum absolute atomic E-state index is 12.3. The number of carboxylic acids is 1. The van der Waals surface area contributed by atoms with Crippen molar-refractivity contribution < 1.29 is 19.8 Å². The first-order valence-corrected chi connectivity index (χ1v) is 9.10. The first-order chi connectivity index (χ1) is 13.8. The Bertz CT molecular complexity index is 1170. The van der Waals surface area contributed by atoms with E-state index in [0.29, 0.717) is 0 Å². The van der Waals surface area contributed by atoms with E-state index in [2.05, 4.69) is 10.3 Å². The van der Waals surface area contributed by atoms with Crippen LogP contribution in [0.25, 0.3) is 10.9 Å². The second kappa shape index (κ2) is 7.99. The highest BCUT2D eigenvalue weighted by Crippen LogP contribution is 2.44. The molecule has 3 N–H and O–H groups in total. The molecular formula is C19H14Cl2N4O4. The van der Waals surface area contributed by atoms with Gasteiger partial charge in [0.25, 0.3) is 5.91 Å². The summed E-state index contributed by atoms with van der Waals surface area (Å²) in [5.74, 6) is -2.82. The van der Waals surface area contributed by atoms with Crippen LogP contribution in [0.3, 0.4) is 0 Å². The van der Waals surface area contributed by atoms with Crippen LogP contribution >= 0.6 is 23.2 Å². The number of aromatic nitrogens is 2. The summed E-state index contributed by atoms with van der Waals surface area (Å²) in [6.07, 6.45) is 0. The van der Waals surface area contributed by atoms with E-state index >= 15 is 0 Å². The molecule has 0 saturated heterocycles. The van der Waals surface area contributed by atoms with Crippen molar-refractivity contribution in [2.24, 2.45) is 0 Å². The summed E-state index contributed by atoms with van der Waals surface area (Å²) in [5, 5.41) is 31.1. The van der Waals surface area contributed by atoms with Gasteiger partial charge in [0.05, 0.1) is 22.0 Å². The van der Waals surface area contributed by atoms with Crippen molar-refractivity contribution in [1.29, 1.82) is 5.26 Å². The quantitative estimate of drug-likeness (QED) is 0.566. The van der Waals surface area contributed by atoms with Gasteiger partial charge >= 0.3 is 5.97 Å². The highest BCUT2D eigenvalue weighted by Gasteiger charge is 2.29. The first kappa shape index (κ1) is 20.5. The average molecular weight is 433 g/mol. The number of nitriles is 1. The number of carboxylic acid groups (broad SMARTS) is 1. The van der Waals surface area contributed by atoms with E-state index in [1.165, 1.54) is 0 Å². The van der Waals surface area contributed by atoms with Gasteiger partial charge in [-0.15, -0.1) is 0 Å². The van der Waals surface area contributed by atoms with Gasteiger partial charge in [0.2, 0.25) is 0 Å². The number of nitrogens with zero attached hydrogens (tertiary/aromatic N) is 3. The molecule has 0 radical (unpaired) electrons. The van der Waals surface area contributed by atoms with Crippen LogP contribution in [0, 0.1) is 11.3 Å². The van der Waals surface area contributed by atoms with Crippen molar-refractivity contribution in [3.63, 3.8) is 0 Å². The smallest absolute Gasteiger partial charge is 0.322 e. The molecule has 2 heterocycles. The molecule has 1 amide bonds. The highest BCUT2D eigenvalue weighted by atomic mass is 35.5. The van der Waals surface area contributed by atoms with Crippen LogP contribution in [0.1, 0.15) is 34.7 Å². The van der Waals surface area contributed by atoms with Gasteiger partial charge < -0.3 is 20.1 Å². The van der Waals surface area contributed by atoms with Gasteiger partial charge in [-0.1, -0.05) is 53.5 Å². The SMILES string of the molecule is C[C@H](c1ccccc1)n1c(Cl)c(Cl)c2c(O)c(C(=O)NCC(=O)O)nc(C#N)c21. The second-order valence-corrected chi connectivity index (χ2v) is 6.87. The molecule has 0 bridgehead atoms. The topological polar surface area (TPSA) is 128 Å². The van der Waals surface area contributed by atoms with Crippen molar-refractivity contribution in [2.75, 3.05) is 6.54 Å². The monoisotopic (exact) mass is 432 g/mol. The maximum Gasteiger partial charge on any atom is 0.322 e. The molecule has 10 heteroatoms. The van der Waals surface area contributed by atoms with Crippen LogP contribution in [0.5, 0.6) is 5.75 Å². The molecule has 0 fully saturated rings. The van der Waals surface area contributed by atoms with Crippen LogP contribution < -0.4 is 5.32 Å². The Morgan fingerprint density at radius 3 is 2.55 bits per heavy atom. The van der Waals surface area contributed by atoms with Crippen LogP contribution in [-0.2, 0) is 4.79 Å². The number of halogens is 2. The van der Waals surface area contributed by atoms with E-state index in [9.17, 15) is 20.0 Å². The number of aromatic hydroxyl groups is 1. The van der Waals surface area contributed by atoms with Crippen molar-refractivity contribution in [3.05, 3.63) is 57.5 Å². The minimum Gasteiger partial charge on any atom is -0.505 e. The summed E-state index contributed by atoms with van der Waals surface area (Å²) >= 11 is 12.8. The number of rotatable bonds is 5. The van der Waals surface area contributed by atoms with Crippen LogP contribution in [-0.4, -0.2) is 38.2 Å². The molecule has 0 saturated carbocycles. The van der Waals surface area contributed by atoms with Gasteiger partial charge in [-0.05, 0) is 12.5 Å². The van der Waals surface area contributed by atoms with E-state index < -0.39 is 29.9 Å². The molecule has 3 rings (SSSR count). The van der Waals surface area contributed by atoms with Gasteiger partial charge in [-0.3, -0.25) is 9.59 Å². The average Bonchev–Trinajstić information content (AvgIpc) is 2.98. The number of pyridine rings is 1. The summed E-state index contributed by atoms with van der Waals surface area (Å²) in [5.41, 5.74) is 0.342. The number of hydrogen-bond donors (Lipinski definition) is 3. The Hall–Kier alpha value is -3.28. The highest BCUT2D eigenvalue weighted by molar-refractivity contribution is 6.46. The molecule has 148 valence electrons. The van der Waals surface area contributed by atoms with E-state index in [-0.39, 0.29) is 32.8 Å². The summed E-state index contributed by atoms with van der Waals surface area (Å²) in [6.45, 7) is 1.16. The molecule has 29 heavy (non-hydrogen) atoms. The number of carbonyl (C=O) groups excluding carboxylic acids is 1. The number of carbonyl (C=O) groups is 2. The third-order valence-corrected chi connectivity index (χ3v) is 5.23. The summed E-state index contributed by atoms with van der Waals surface area (Å²) in [6, 6.07) is 10.8. The summed E-state index contributed by atoms with van der Waals surface area (Å²) in [4.78, 5) is 26.9. The van der Waals surface area contributed by atoms with Gasteiger partial charge in [0.15, 0.2) is 17.1 Å². The van der Waals surface area contributed by atoms with Gasteiger partial charge in [0.1, 0.15) is 17.8 Å². The van der Waals surface area contributed by atoms with Crippen LogP contribution in [0.4, 0.5) is 0 Å². The zero-order valence-corrected chi connectivity index (χ0v) is 16.5. The molecule has 1 atom stereocenters. The number of amides is 1. The predicted molar refractivity (Wildman–Crippen MR) is 106 cm³/mol. The van der Waals surface area contributed by atoms with E-state index in [1.54, 1.807) is 4.57 Å². The lowest BCUT2D eigenvalue weighted by atomic mass is 10.1. The minimum atomic E-state index is -1.27. The van der Waals surface area contributed by atoms with Crippen molar-refractivity contribution in [2.45, 2.75) is 13.0 Å². The Morgan fingerprint density at radius 1 is 1.31 bits per heavy atom. The Labute approximate surface area is 174 Å². The van der Waals surface area contributed by atoms with Crippen LogP contribution in [0.2, 0.25) is 10.2 Å². The van der Waals surface area contributed by atoms with E-state index in [1.807, 2.05) is 43.3 Å². The molecule has 0 spiro atoms. The Morgan fingerprint density at radius 2 is 1.97 bits per heavy atom. The minimum absolute atomic E-state index is 0.00790. The Balaban J connectivity index is 2.26. The fourth-order valence-corrected chi connectivity index (χ4v) is 3.63. The molecule has 0 unspecified atom stereocenters. The summed E-state index contributed by atoms with van der Waals surface area (Å²) in [7, 11) is 0. The van der Waals surface area contributed by atoms with Crippen molar-refractivity contribution in [3.8, 4) is 11.8 Å². The second-order valence-electron chi connectivity index (χ2n) is 6.13. The molecule has 3 aromatic rings.